The minimum atomic E-state index is -0.437. The largest absolute Gasteiger partial charge is 0.460 e. The fourth-order valence-electron chi connectivity index (χ4n) is 3.08. The van der Waals surface area contributed by atoms with E-state index in [0.717, 1.165) is 6.42 Å². The monoisotopic (exact) mass is 348 g/mol. The summed E-state index contributed by atoms with van der Waals surface area (Å²) in [5.74, 6) is -0.832. The molecule has 0 unspecified atom stereocenters. The van der Waals surface area contributed by atoms with Crippen molar-refractivity contribution in [2.45, 2.75) is 19.4 Å². The van der Waals surface area contributed by atoms with Crippen LogP contribution in [0.15, 0.2) is 54.6 Å². The van der Waals surface area contributed by atoms with Crippen molar-refractivity contribution in [3.8, 4) is 6.07 Å². The Morgan fingerprint density at radius 2 is 1.88 bits per heavy atom. The third-order valence-corrected chi connectivity index (χ3v) is 4.57. The SMILES string of the molecule is N#Cc1ccccc1COC(=O)[C@H]1CC(=O)N(CCc2ccccc2)C1. The number of carbonyl (C=O) groups excluding carboxylic acids is 2. The highest BCUT2D eigenvalue weighted by Gasteiger charge is 2.35. The summed E-state index contributed by atoms with van der Waals surface area (Å²) in [6.07, 6.45) is 0.956. The van der Waals surface area contributed by atoms with Gasteiger partial charge in [0.15, 0.2) is 0 Å². The molecule has 5 heteroatoms. The Morgan fingerprint density at radius 1 is 1.15 bits per heavy atom. The van der Waals surface area contributed by atoms with Crippen molar-refractivity contribution >= 4 is 11.9 Å². The number of hydrogen-bond donors (Lipinski definition) is 0. The number of nitriles is 1. The molecular formula is C21H20N2O3. The van der Waals surface area contributed by atoms with Gasteiger partial charge >= 0.3 is 5.97 Å². The summed E-state index contributed by atoms with van der Waals surface area (Å²) in [7, 11) is 0. The molecule has 1 aliphatic heterocycles. The molecule has 0 radical (unpaired) electrons. The number of likely N-dealkylation sites (tertiary alicyclic amines) is 1. The van der Waals surface area contributed by atoms with Crippen LogP contribution in [0.25, 0.3) is 0 Å². The van der Waals surface area contributed by atoms with Crippen molar-refractivity contribution in [2.75, 3.05) is 13.1 Å². The van der Waals surface area contributed by atoms with Gasteiger partial charge in [-0.3, -0.25) is 9.59 Å². The molecule has 0 spiro atoms. The first-order valence-corrected chi connectivity index (χ1v) is 8.63. The number of carbonyl (C=O) groups is 2. The molecule has 1 fully saturated rings. The number of benzene rings is 2. The minimum absolute atomic E-state index is 0.0136. The van der Waals surface area contributed by atoms with Crippen molar-refractivity contribution in [1.82, 2.24) is 4.90 Å². The summed E-state index contributed by atoms with van der Waals surface area (Å²) in [5, 5.41) is 9.08. The summed E-state index contributed by atoms with van der Waals surface area (Å²) in [6, 6.07) is 19.1. The Balaban J connectivity index is 1.51. The van der Waals surface area contributed by atoms with Crippen LogP contribution in [-0.2, 0) is 27.4 Å². The van der Waals surface area contributed by atoms with Crippen molar-refractivity contribution in [3.05, 3.63) is 71.3 Å². The maximum absolute atomic E-state index is 12.3. The van der Waals surface area contributed by atoms with Gasteiger partial charge in [0, 0.05) is 25.1 Å². The van der Waals surface area contributed by atoms with Crippen LogP contribution in [0, 0.1) is 17.2 Å². The average molecular weight is 348 g/mol. The number of nitrogens with zero attached hydrogens (tertiary/aromatic N) is 2. The summed E-state index contributed by atoms with van der Waals surface area (Å²) in [5.41, 5.74) is 2.33. The van der Waals surface area contributed by atoms with Crippen LogP contribution in [0.2, 0.25) is 0 Å². The highest BCUT2D eigenvalue weighted by Crippen LogP contribution is 2.20. The van der Waals surface area contributed by atoms with Crippen LogP contribution >= 0.6 is 0 Å². The Hall–Kier alpha value is -3.13. The molecule has 1 aliphatic rings. The topological polar surface area (TPSA) is 70.4 Å². The Labute approximate surface area is 152 Å². The standard InChI is InChI=1S/C21H20N2O3/c22-13-17-8-4-5-9-18(17)15-26-21(25)19-12-20(24)23(14-19)11-10-16-6-2-1-3-7-16/h1-9,19H,10-12,14-15H2/t19-/m0/s1. The minimum Gasteiger partial charge on any atom is -0.460 e. The van der Waals surface area contributed by atoms with Crippen molar-refractivity contribution in [1.29, 1.82) is 5.26 Å². The van der Waals surface area contributed by atoms with E-state index in [4.69, 9.17) is 10.00 Å². The van der Waals surface area contributed by atoms with E-state index in [0.29, 0.717) is 24.2 Å². The van der Waals surface area contributed by atoms with Gasteiger partial charge in [-0.1, -0.05) is 48.5 Å². The van der Waals surface area contributed by atoms with Gasteiger partial charge in [0.1, 0.15) is 6.61 Å². The molecule has 1 amide bonds. The van der Waals surface area contributed by atoms with E-state index in [1.807, 2.05) is 30.3 Å². The zero-order valence-corrected chi connectivity index (χ0v) is 14.4. The molecule has 3 rings (SSSR count). The van der Waals surface area contributed by atoms with Crippen LogP contribution < -0.4 is 0 Å². The molecule has 1 heterocycles. The molecule has 132 valence electrons. The van der Waals surface area contributed by atoms with E-state index in [2.05, 4.69) is 6.07 Å². The lowest BCUT2D eigenvalue weighted by Crippen LogP contribution is -2.28. The van der Waals surface area contributed by atoms with Gasteiger partial charge in [-0.05, 0) is 18.1 Å². The predicted molar refractivity (Wildman–Crippen MR) is 95.8 cm³/mol. The second-order valence-electron chi connectivity index (χ2n) is 6.35. The first-order valence-electron chi connectivity index (χ1n) is 8.63. The molecule has 1 saturated heterocycles. The normalized spacial score (nSPS) is 16.3. The van der Waals surface area contributed by atoms with Gasteiger partial charge in [0.05, 0.1) is 17.6 Å². The first-order chi connectivity index (χ1) is 12.7. The molecule has 2 aromatic carbocycles. The van der Waals surface area contributed by atoms with E-state index in [1.54, 1.807) is 29.2 Å². The molecule has 1 atom stereocenters. The molecule has 5 nitrogen and oxygen atoms in total. The summed E-state index contributed by atoms with van der Waals surface area (Å²) in [4.78, 5) is 26.2. The van der Waals surface area contributed by atoms with Crippen molar-refractivity contribution < 1.29 is 14.3 Å². The van der Waals surface area contributed by atoms with Crippen LogP contribution in [0.3, 0.4) is 0 Å². The molecule has 0 saturated carbocycles. The van der Waals surface area contributed by atoms with Gasteiger partial charge in [-0.25, -0.2) is 0 Å². The highest BCUT2D eigenvalue weighted by atomic mass is 16.5. The second kappa shape index (κ2) is 8.30. The van der Waals surface area contributed by atoms with E-state index in [9.17, 15) is 9.59 Å². The maximum Gasteiger partial charge on any atom is 0.311 e. The summed E-state index contributed by atoms with van der Waals surface area (Å²) >= 11 is 0. The number of esters is 1. The lowest BCUT2D eigenvalue weighted by atomic mass is 10.1. The first kappa shape index (κ1) is 17.7. The molecule has 0 aromatic heterocycles. The molecule has 0 bridgehead atoms. The molecule has 0 N–H and O–H groups in total. The van der Waals surface area contributed by atoms with E-state index in [1.165, 1.54) is 5.56 Å². The van der Waals surface area contributed by atoms with Gasteiger partial charge < -0.3 is 9.64 Å². The lowest BCUT2D eigenvalue weighted by Gasteiger charge is -2.16. The lowest BCUT2D eigenvalue weighted by molar-refractivity contribution is -0.149. The Kier molecular flexibility index (Phi) is 5.65. The quantitative estimate of drug-likeness (QED) is 0.753. The molecular weight excluding hydrogens is 328 g/mol. The molecule has 2 aromatic rings. The Bertz CT molecular complexity index is 827. The van der Waals surface area contributed by atoms with Crippen LogP contribution in [0.5, 0.6) is 0 Å². The maximum atomic E-state index is 12.3. The average Bonchev–Trinajstić information content (AvgIpc) is 3.06. The van der Waals surface area contributed by atoms with Crippen LogP contribution in [-0.4, -0.2) is 29.9 Å². The molecule has 0 aliphatic carbocycles. The fraction of sp³-hybridized carbons (Fsp3) is 0.286. The van der Waals surface area contributed by atoms with Crippen molar-refractivity contribution in [2.24, 2.45) is 5.92 Å². The fourth-order valence-corrected chi connectivity index (χ4v) is 3.08. The van der Waals surface area contributed by atoms with Gasteiger partial charge in [-0.2, -0.15) is 5.26 Å². The zero-order valence-electron chi connectivity index (χ0n) is 14.4. The van der Waals surface area contributed by atoms with Gasteiger partial charge in [0.2, 0.25) is 5.91 Å². The highest BCUT2D eigenvalue weighted by molar-refractivity contribution is 5.86. The zero-order chi connectivity index (χ0) is 18.4. The molecule has 26 heavy (non-hydrogen) atoms. The Morgan fingerprint density at radius 3 is 2.65 bits per heavy atom. The van der Waals surface area contributed by atoms with E-state index in [-0.39, 0.29) is 24.9 Å². The van der Waals surface area contributed by atoms with Gasteiger partial charge in [0.25, 0.3) is 0 Å². The second-order valence-corrected chi connectivity index (χ2v) is 6.35. The van der Waals surface area contributed by atoms with Crippen LogP contribution in [0.4, 0.5) is 0 Å². The van der Waals surface area contributed by atoms with E-state index >= 15 is 0 Å². The summed E-state index contributed by atoms with van der Waals surface area (Å²) < 4.78 is 5.35. The summed E-state index contributed by atoms with van der Waals surface area (Å²) in [6.45, 7) is 1.05. The van der Waals surface area contributed by atoms with E-state index < -0.39 is 5.92 Å². The van der Waals surface area contributed by atoms with Gasteiger partial charge in [-0.15, -0.1) is 0 Å². The third kappa shape index (κ3) is 4.28. The smallest absolute Gasteiger partial charge is 0.311 e. The third-order valence-electron chi connectivity index (χ3n) is 4.57. The number of hydrogen-bond acceptors (Lipinski definition) is 4. The van der Waals surface area contributed by atoms with Crippen molar-refractivity contribution in [3.63, 3.8) is 0 Å². The predicted octanol–water partition coefficient (Wildman–Crippen LogP) is 2.69. The number of ether oxygens (including phenoxy) is 1. The number of amides is 1. The van der Waals surface area contributed by atoms with Crippen LogP contribution in [0.1, 0.15) is 23.1 Å². The number of rotatable bonds is 6.